The van der Waals surface area contributed by atoms with Crippen LogP contribution in [0.25, 0.3) is 0 Å². The highest BCUT2D eigenvalue weighted by Crippen LogP contribution is 2.18. The summed E-state index contributed by atoms with van der Waals surface area (Å²) in [6, 6.07) is 2.66. The van der Waals surface area contributed by atoms with Crippen LogP contribution in [0.2, 0.25) is 5.02 Å². The summed E-state index contributed by atoms with van der Waals surface area (Å²) in [5, 5.41) is 4.35. The topological polar surface area (TPSA) is 28.2 Å². The minimum absolute atomic E-state index is 0.638. The van der Waals surface area contributed by atoms with Crippen molar-refractivity contribution in [3.8, 4) is 0 Å². The summed E-state index contributed by atoms with van der Waals surface area (Å²) >= 11 is 6.22. The molecular weight excluding hydrogens is 258 g/mol. The van der Waals surface area contributed by atoms with Gasteiger partial charge in [-0.1, -0.05) is 25.4 Å². The number of hydrogen-bond acceptors (Lipinski definition) is 3. The number of rotatable bonds is 6. The molecule has 3 nitrogen and oxygen atoms in total. The third-order valence-electron chi connectivity index (χ3n) is 3.51. The maximum absolute atomic E-state index is 6.22. The molecule has 0 spiro atoms. The highest BCUT2D eigenvalue weighted by Gasteiger charge is 2.19. The van der Waals surface area contributed by atoms with E-state index in [-0.39, 0.29) is 0 Å². The van der Waals surface area contributed by atoms with E-state index in [0.717, 1.165) is 31.2 Å². The second-order valence-corrected chi connectivity index (χ2v) is 6.26. The largest absolute Gasteiger partial charge is 0.313 e. The summed E-state index contributed by atoms with van der Waals surface area (Å²) in [5.74, 6) is 0.669. The third kappa shape index (κ3) is 4.75. The Balaban J connectivity index is 1.98. The average molecular weight is 282 g/mol. The van der Waals surface area contributed by atoms with Crippen LogP contribution in [0.5, 0.6) is 0 Å². The molecule has 1 aliphatic rings. The van der Waals surface area contributed by atoms with Gasteiger partial charge in [0.2, 0.25) is 0 Å². The van der Waals surface area contributed by atoms with Gasteiger partial charge in [-0.15, -0.1) is 0 Å². The van der Waals surface area contributed by atoms with Crippen LogP contribution in [0, 0.1) is 5.92 Å². The molecule has 0 amide bonds. The Hall–Kier alpha value is -0.640. The zero-order valence-electron chi connectivity index (χ0n) is 11.9. The summed E-state index contributed by atoms with van der Waals surface area (Å²) in [6.45, 7) is 8.83. The van der Waals surface area contributed by atoms with Crippen LogP contribution in [-0.2, 0) is 6.54 Å². The molecule has 0 saturated carbocycles. The van der Waals surface area contributed by atoms with Gasteiger partial charge in [-0.25, -0.2) is 0 Å². The predicted octanol–water partition coefficient (Wildman–Crippen LogP) is 2.95. The first-order valence-electron chi connectivity index (χ1n) is 7.19. The van der Waals surface area contributed by atoms with Gasteiger partial charge in [0, 0.05) is 38.1 Å². The summed E-state index contributed by atoms with van der Waals surface area (Å²) in [6.07, 6.45) is 6.15. The molecule has 2 heterocycles. The van der Waals surface area contributed by atoms with Crippen molar-refractivity contribution in [2.75, 3.05) is 19.6 Å². The molecule has 1 fully saturated rings. The number of aromatic nitrogens is 1. The maximum atomic E-state index is 6.22. The van der Waals surface area contributed by atoms with Gasteiger partial charge in [0.25, 0.3) is 0 Å². The molecule has 1 aromatic rings. The van der Waals surface area contributed by atoms with Gasteiger partial charge in [-0.3, -0.25) is 9.88 Å². The molecule has 1 unspecified atom stereocenters. The summed E-state index contributed by atoms with van der Waals surface area (Å²) in [7, 11) is 0. The van der Waals surface area contributed by atoms with Crippen LogP contribution in [-0.4, -0.2) is 35.6 Å². The van der Waals surface area contributed by atoms with E-state index in [1.165, 1.54) is 18.4 Å². The van der Waals surface area contributed by atoms with Crippen LogP contribution in [0.4, 0.5) is 0 Å². The van der Waals surface area contributed by atoms with Crippen molar-refractivity contribution in [3.63, 3.8) is 0 Å². The normalized spacial score (nSPS) is 19.5. The average Bonchev–Trinajstić information content (AvgIpc) is 2.84. The molecule has 4 heteroatoms. The first-order valence-corrected chi connectivity index (χ1v) is 7.57. The standard InChI is InChI=1S/C15H24ClN3/c1-12(2)9-19(11-14-4-3-6-18-14)10-13-5-7-17-8-15(13)16/h5,7-8,12,14,18H,3-4,6,9-11H2,1-2H3. The van der Waals surface area contributed by atoms with E-state index in [1.54, 1.807) is 6.20 Å². The quantitative estimate of drug-likeness (QED) is 0.869. The minimum Gasteiger partial charge on any atom is -0.313 e. The third-order valence-corrected chi connectivity index (χ3v) is 3.86. The lowest BCUT2D eigenvalue weighted by Gasteiger charge is -2.27. The Morgan fingerprint density at radius 3 is 3.00 bits per heavy atom. The SMILES string of the molecule is CC(C)CN(Cc1ccncc1Cl)CC1CCCN1. The van der Waals surface area contributed by atoms with Crippen LogP contribution >= 0.6 is 11.6 Å². The maximum Gasteiger partial charge on any atom is 0.0634 e. The number of halogens is 1. The fourth-order valence-electron chi connectivity index (χ4n) is 2.72. The molecule has 106 valence electrons. The van der Waals surface area contributed by atoms with Crippen molar-refractivity contribution < 1.29 is 0 Å². The Kier molecular flexibility index (Phi) is 5.61. The van der Waals surface area contributed by atoms with Gasteiger partial charge in [-0.2, -0.15) is 0 Å². The predicted molar refractivity (Wildman–Crippen MR) is 80.4 cm³/mol. The molecule has 2 rings (SSSR count). The van der Waals surface area contributed by atoms with E-state index in [4.69, 9.17) is 11.6 Å². The van der Waals surface area contributed by atoms with Gasteiger partial charge in [0.15, 0.2) is 0 Å². The minimum atomic E-state index is 0.638. The molecule has 0 radical (unpaired) electrons. The van der Waals surface area contributed by atoms with Crippen LogP contribution in [0.15, 0.2) is 18.5 Å². The zero-order valence-corrected chi connectivity index (χ0v) is 12.7. The number of nitrogens with zero attached hydrogens (tertiary/aromatic N) is 2. The van der Waals surface area contributed by atoms with Gasteiger partial charge >= 0.3 is 0 Å². The molecule has 0 aliphatic carbocycles. The zero-order chi connectivity index (χ0) is 13.7. The molecule has 0 aromatic carbocycles. The van der Waals surface area contributed by atoms with Crippen LogP contribution in [0.3, 0.4) is 0 Å². The molecule has 1 aromatic heterocycles. The van der Waals surface area contributed by atoms with Gasteiger partial charge in [-0.05, 0) is 36.9 Å². The summed E-state index contributed by atoms with van der Waals surface area (Å²) < 4.78 is 0. The van der Waals surface area contributed by atoms with Crippen LogP contribution < -0.4 is 5.32 Å². The van der Waals surface area contributed by atoms with Gasteiger partial charge in [0.1, 0.15) is 0 Å². The molecule has 1 aliphatic heterocycles. The second kappa shape index (κ2) is 7.22. The monoisotopic (exact) mass is 281 g/mol. The smallest absolute Gasteiger partial charge is 0.0634 e. The van der Waals surface area contributed by atoms with Crippen molar-refractivity contribution in [2.24, 2.45) is 5.92 Å². The van der Waals surface area contributed by atoms with Gasteiger partial charge in [0.05, 0.1) is 5.02 Å². The fraction of sp³-hybridized carbons (Fsp3) is 0.667. The first-order chi connectivity index (χ1) is 9.15. The Labute approximate surface area is 121 Å². The summed E-state index contributed by atoms with van der Waals surface area (Å²) in [4.78, 5) is 6.56. The first kappa shape index (κ1) is 14.8. The Morgan fingerprint density at radius 2 is 2.37 bits per heavy atom. The molecule has 19 heavy (non-hydrogen) atoms. The van der Waals surface area contributed by atoms with Crippen molar-refractivity contribution in [3.05, 3.63) is 29.0 Å². The highest BCUT2D eigenvalue weighted by atomic mass is 35.5. The number of nitrogens with one attached hydrogen (secondary N) is 1. The summed E-state index contributed by atoms with van der Waals surface area (Å²) in [5.41, 5.74) is 1.18. The van der Waals surface area contributed by atoms with Crippen molar-refractivity contribution >= 4 is 11.6 Å². The molecule has 1 saturated heterocycles. The lowest BCUT2D eigenvalue weighted by Crippen LogP contribution is -2.39. The lowest BCUT2D eigenvalue weighted by atomic mass is 10.1. The molecular formula is C15H24ClN3. The van der Waals surface area contributed by atoms with E-state index in [2.05, 4.69) is 29.0 Å². The second-order valence-electron chi connectivity index (χ2n) is 5.85. The van der Waals surface area contributed by atoms with Crippen molar-refractivity contribution in [1.29, 1.82) is 0 Å². The molecule has 1 N–H and O–H groups in total. The van der Waals surface area contributed by atoms with E-state index in [9.17, 15) is 0 Å². The number of pyridine rings is 1. The molecule has 1 atom stereocenters. The van der Waals surface area contributed by atoms with E-state index in [1.807, 2.05) is 12.3 Å². The van der Waals surface area contributed by atoms with Gasteiger partial charge < -0.3 is 5.32 Å². The lowest BCUT2D eigenvalue weighted by molar-refractivity contribution is 0.216. The van der Waals surface area contributed by atoms with E-state index >= 15 is 0 Å². The Morgan fingerprint density at radius 1 is 1.53 bits per heavy atom. The highest BCUT2D eigenvalue weighted by molar-refractivity contribution is 6.31. The molecule has 0 bridgehead atoms. The van der Waals surface area contributed by atoms with E-state index < -0.39 is 0 Å². The van der Waals surface area contributed by atoms with Crippen LogP contribution in [0.1, 0.15) is 32.3 Å². The van der Waals surface area contributed by atoms with Crippen molar-refractivity contribution in [2.45, 2.75) is 39.3 Å². The Bertz CT molecular complexity index is 389. The fourth-order valence-corrected chi connectivity index (χ4v) is 2.90. The van der Waals surface area contributed by atoms with E-state index in [0.29, 0.717) is 12.0 Å². The van der Waals surface area contributed by atoms with Crippen molar-refractivity contribution in [1.82, 2.24) is 15.2 Å². The number of hydrogen-bond donors (Lipinski definition) is 1.